The zero-order valence-corrected chi connectivity index (χ0v) is 18.2. The van der Waals surface area contributed by atoms with Gasteiger partial charge in [0.15, 0.2) is 5.69 Å². The Morgan fingerprint density at radius 3 is 2.81 bits per heavy atom. The third-order valence-electron chi connectivity index (χ3n) is 6.39. The second kappa shape index (κ2) is 8.90. The maximum absolute atomic E-state index is 13.3. The van der Waals surface area contributed by atoms with Crippen molar-refractivity contribution in [3.8, 4) is 5.75 Å². The van der Waals surface area contributed by atoms with E-state index in [0.717, 1.165) is 54.9 Å². The Kier molecular flexibility index (Phi) is 5.82. The molecule has 0 radical (unpaired) electrons. The topological polar surface area (TPSA) is 88.8 Å². The number of ether oxygens (including phenoxy) is 2. The zero-order chi connectivity index (χ0) is 22.1. The van der Waals surface area contributed by atoms with Gasteiger partial charge in [0.2, 0.25) is 0 Å². The fourth-order valence-corrected chi connectivity index (χ4v) is 4.72. The Labute approximate surface area is 186 Å². The summed E-state index contributed by atoms with van der Waals surface area (Å²) >= 11 is 0. The molecule has 2 aliphatic rings. The number of para-hydroxylation sites is 1. The summed E-state index contributed by atoms with van der Waals surface area (Å²) in [5, 5.41) is 19.0. The van der Waals surface area contributed by atoms with E-state index < -0.39 is 12.1 Å². The van der Waals surface area contributed by atoms with Crippen LogP contribution in [0, 0.1) is 0 Å². The summed E-state index contributed by atoms with van der Waals surface area (Å²) in [6.07, 6.45) is -0.121. The van der Waals surface area contributed by atoms with Crippen LogP contribution < -0.4 is 10.1 Å². The number of fused-ring (bicyclic) bond motifs is 2. The van der Waals surface area contributed by atoms with Crippen LogP contribution in [0.3, 0.4) is 0 Å². The average molecular weight is 437 g/mol. The summed E-state index contributed by atoms with van der Waals surface area (Å²) < 4.78 is 12.9. The lowest BCUT2D eigenvalue weighted by atomic mass is 10.1. The van der Waals surface area contributed by atoms with E-state index in [1.807, 2.05) is 47.1 Å². The lowest BCUT2D eigenvalue weighted by Gasteiger charge is -2.26. The molecule has 1 aliphatic heterocycles. The molecule has 2 aromatic carbocycles. The SMILES string of the molecule is COc1cccc2c(C(=O)N[C@H]3c4ccccc4C[C@H]3O)nn(CCN3CCOCC3)c12. The number of nitrogens with one attached hydrogen (secondary N) is 1. The first-order valence-electron chi connectivity index (χ1n) is 11.1. The number of hydrogen-bond donors (Lipinski definition) is 2. The molecule has 0 saturated carbocycles. The van der Waals surface area contributed by atoms with E-state index in [2.05, 4.69) is 10.2 Å². The Morgan fingerprint density at radius 2 is 2.00 bits per heavy atom. The van der Waals surface area contributed by atoms with E-state index in [-0.39, 0.29) is 5.91 Å². The first-order chi connectivity index (χ1) is 15.7. The van der Waals surface area contributed by atoms with Crippen molar-refractivity contribution in [1.29, 1.82) is 0 Å². The van der Waals surface area contributed by atoms with Crippen LogP contribution in [-0.4, -0.2) is 71.8 Å². The van der Waals surface area contributed by atoms with E-state index in [0.29, 0.717) is 24.4 Å². The molecule has 8 nitrogen and oxygen atoms in total. The smallest absolute Gasteiger partial charge is 0.273 e. The number of aromatic nitrogens is 2. The number of methoxy groups -OCH3 is 1. The van der Waals surface area contributed by atoms with Gasteiger partial charge in [-0.3, -0.25) is 14.4 Å². The molecule has 168 valence electrons. The van der Waals surface area contributed by atoms with Crippen LogP contribution in [0.15, 0.2) is 42.5 Å². The molecular weight excluding hydrogens is 408 g/mol. The molecule has 5 rings (SSSR count). The quantitative estimate of drug-likeness (QED) is 0.612. The Morgan fingerprint density at radius 1 is 1.19 bits per heavy atom. The standard InChI is InChI=1S/C24H28N4O4/c1-31-20-8-4-7-18-22(26-28(23(18)20)10-9-27-11-13-32-14-12-27)24(30)25-21-17-6-3-2-5-16(17)15-19(21)29/h2-8,19,21,29H,9-15H2,1H3,(H,25,30)/t19-,21+/m1/s1. The van der Waals surface area contributed by atoms with E-state index in [4.69, 9.17) is 14.6 Å². The fraction of sp³-hybridized carbons (Fsp3) is 0.417. The minimum Gasteiger partial charge on any atom is -0.494 e. The van der Waals surface area contributed by atoms with Crippen LogP contribution in [0.25, 0.3) is 10.9 Å². The molecule has 0 spiro atoms. The van der Waals surface area contributed by atoms with Crippen LogP contribution in [0.5, 0.6) is 5.75 Å². The number of aliphatic hydroxyl groups is 1. The average Bonchev–Trinajstić information content (AvgIpc) is 3.36. The number of carbonyl (C=O) groups is 1. The molecule has 1 aromatic heterocycles. The first-order valence-corrected chi connectivity index (χ1v) is 11.1. The largest absolute Gasteiger partial charge is 0.494 e. The van der Waals surface area contributed by atoms with Crippen molar-refractivity contribution in [1.82, 2.24) is 20.0 Å². The number of rotatable bonds is 6. The summed E-state index contributed by atoms with van der Waals surface area (Å²) in [5.41, 5.74) is 3.17. The van der Waals surface area contributed by atoms with Crippen molar-refractivity contribution >= 4 is 16.8 Å². The zero-order valence-electron chi connectivity index (χ0n) is 18.2. The van der Waals surface area contributed by atoms with Crippen molar-refractivity contribution in [3.05, 3.63) is 59.3 Å². The lowest BCUT2D eigenvalue weighted by Crippen LogP contribution is -2.38. The maximum atomic E-state index is 13.3. The number of carbonyl (C=O) groups excluding carboxylic acids is 1. The van der Waals surface area contributed by atoms with Crippen molar-refractivity contribution < 1.29 is 19.4 Å². The lowest BCUT2D eigenvalue weighted by molar-refractivity contribution is 0.0361. The third-order valence-corrected chi connectivity index (χ3v) is 6.39. The van der Waals surface area contributed by atoms with Crippen molar-refractivity contribution in [2.24, 2.45) is 0 Å². The molecule has 0 bridgehead atoms. The van der Waals surface area contributed by atoms with Gasteiger partial charge in [-0.1, -0.05) is 36.4 Å². The van der Waals surface area contributed by atoms with E-state index >= 15 is 0 Å². The fourth-order valence-electron chi connectivity index (χ4n) is 4.72. The molecule has 2 atom stereocenters. The molecule has 2 heterocycles. The van der Waals surface area contributed by atoms with Crippen molar-refractivity contribution in [2.45, 2.75) is 25.1 Å². The summed E-state index contributed by atoms with van der Waals surface area (Å²) in [4.78, 5) is 15.7. The van der Waals surface area contributed by atoms with E-state index in [9.17, 15) is 9.90 Å². The first kappa shape index (κ1) is 20.9. The number of benzene rings is 2. The molecule has 8 heteroatoms. The number of aliphatic hydroxyl groups excluding tert-OH is 1. The predicted molar refractivity (Wildman–Crippen MR) is 120 cm³/mol. The second-order valence-electron chi connectivity index (χ2n) is 8.30. The van der Waals surface area contributed by atoms with Crippen LogP contribution in [-0.2, 0) is 17.7 Å². The normalized spacial score (nSPS) is 20.9. The number of nitrogens with zero attached hydrogens (tertiary/aromatic N) is 3. The molecular formula is C24H28N4O4. The highest BCUT2D eigenvalue weighted by Crippen LogP contribution is 2.33. The molecule has 32 heavy (non-hydrogen) atoms. The molecule has 0 unspecified atom stereocenters. The highest BCUT2D eigenvalue weighted by atomic mass is 16.5. The highest BCUT2D eigenvalue weighted by Gasteiger charge is 2.33. The summed E-state index contributed by atoms with van der Waals surface area (Å²) in [6.45, 7) is 4.71. The molecule has 1 aliphatic carbocycles. The Hall–Kier alpha value is -2.94. The molecule has 3 aromatic rings. The molecule has 2 N–H and O–H groups in total. The Balaban J connectivity index is 1.44. The molecule has 1 fully saturated rings. The summed E-state index contributed by atoms with van der Waals surface area (Å²) in [5.74, 6) is 0.386. The van der Waals surface area contributed by atoms with Gasteiger partial charge in [0, 0.05) is 31.4 Å². The maximum Gasteiger partial charge on any atom is 0.273 e. The molecule has 1 saturated heterocycles. The predicted octanol–water partition coefficient (Wildman–Crippen LogP) is 1.77. The van der Waals surface area contributed by atoms with Gasteiger partial charge < -0.3 is 19.9 Å². The summed E-state index contributed by atoms with van der Waals surface area (Å²) in [6, 6.07) is 13.0. The van der Waals surface area contributed by atoms with Crippen LogP contribution in [0.4, 0.5) is 0 Å². The number of morpholine rings is 1. The molecule has 1 amide bonds. The third kappa shape index (κ3) is 3.85. The van der Waals surface area contributed by atoms with Gasteiger partial charge in [0.05, 0.1) is 39.0 Å². The van der Waals surface area contributed by atoms with Gasteiger partial charge in [-0.05, 0) is 17.2 Å². The van der Waals surface area contributed by atoms with Gasteiger partial charge in [-0.2, -0.15) is 5.10 Å². The van der Waals surface area contributed by atoms with Gasteiger partial charge in [-0.25, -0.2) is 0 Å². The van der Waals surface area contributed by atoms with Gasteiger partial charge in [-0.15, -0.1) is 0 Å². The van der Waals surface area contributed by atoms with Crippen molar-refractivity contribution in [3.63, 3.8) is 0 Å². The van der Waals surface area contributed by atoms with Crippen LogP contribution in [0.2, 0.25) is 0 Å². The van der Waals surface area contributed by atoms with Gasteiger partial charge >= 0.3 is 0 Å². The monoisotopic (exact) mass is 436 g/mol. The minimum atomic E-state index is -0.652. The van der Waals surface area contributed by atoms with Crippen LogP contribution in [0.1, 0.15) is 27.7 Å². The minimum absolute atomic E-state index is 0.297. The van der Waals surface area contributed by atoms with Crippen molar-refractivity contribution in [2.75, 3.05) is 40.0 Å². The van der Waals surface area contributed by atoms with E-state index in [1.54, 1.807) is 7.11 Å². The van der Waals surface area contributed by atoms with Gasteiger partial charge in [0.25, 0.3) is 5.91 Å². The summed E-state index contributed by atoms with van der Waals surface area (Å²) in [7, 11) is 1.62. The number of hydrogen-bond acceptors (Lipinski definition) is 6. The number of amides is 1. The van der Waals surface area contributed by atoms with E-state index in [1.165, 1.54) is 0 Å². The van der Waals surface area contributed by atoms with Crippen LogP contribution >= 0.6 is 0 Å². The van der Waals surface area contributed by atoms with Gasteiger partial charge in [0.1, 0.15) is 11.3 Å². The highest BCUT2D eigenvalue weighted by molar-refractivity contribution is 6.06. The Bertz CT molecular complexity index is 1120. The second-order valence-corrected chi connectivity index (χ2v) is 8.30.